The van der Waals surface area contributed by atoms with Gasteiger partial charge in [-0.05, 0) is 135 Å². The molecule has 0 aliphatic carbocycles. The number of allylic oxidation sites excluding steroid dienone is 22. The Bertz CT molecular complexity index is 1670. The maximum atomic E-state index is 12.9. The molecule has 0 saturated carbocycles. The molecule has 0 heterocycles. The van der Waals surface area contributed by atoms with E-state index in [0.717, 1.165) is 116 Å². The van der Waals surface area contributed by atoms with Gasteiger partial charge in [0.2, 0.25) is 0 Å². The van der Waals surface area contributed by atoms with Gasteiger partial charge in [-0.2, -0.15) is 0 Å². The smallest absolute Gasteiger partial charge is 0.306 e. The largest absolute Gasteiger partial charge is 0.462 e. The number of hydrogen-bond acceptors (Lipinski definition) is 6. The summed E-state index contributed by atoms with van der Waals surface area (Å²) in [5.74, 6) is -0.982. The zero-order valence-corrected chi connectivity index (χ0v) is 50.6. The number of carbonyl (C=O) groups is 3. The predicted octanol–water partition coefficient (Wildman–Crippen LogP) is 22.2. The molecule has 0 aromatic rings. The lowest BCUT2D eigenvalue weighted by molar-refractivity contribution is -0.167. The van der Waals surface area contributed by atoms with Crippen LogP contribution in [0.15, 0.2) is 134 Å². The summed E-state index contributed by atoms with van der Waals surface area (Å²) >= 11 is 0. The normalized spacial score (nSPS) is 13.0. The topological polar surface area (TPSA) is 78.9 Å². The third kappa shape index (κ3) is 62.4. The van der Waals surface area contributed by atoms with Gasteiger partial charge >= 0.3 is 17.9 Å². The number of unbranched alkanes of at least 4 members (excludes halogenated alkanes) is 24. The fourth-order valence-corrected chi connectivity index (χ4v) is 8.55. The summed E-state index contributed by atoms with van der Waals surface area (Å²) in [6.45, 7) is 6.44. The Kier molecular flexibility index (Phi) is 61.4. The van der Waals surface area contributed by atoms with E-state index < -0.39 is 6.10 Å². The van der Waals surface area contributed by atoms with E-state index in [1.54, 1.807) is 0 Å². The SMILES string of the molecule is CC/C=C\C/C=C\C/C=C\C/C=C\C/C=C\C/C=C\C/C=C\CCCC(=O)OC(COC(=O)CCCCCCC/C=C\CCCCC)COC(=O)CCCCCCCCCCCC/C=C\C/C=C\C/C=C\CCCCCCC. The average Bonchev–Trinajstić information content (AvgIpc) is 3.44. The van der Waals surface area contributed by atoms with E-state index >= 15 is 0 Å². The van der Waals surface area contributed by atoms with Gasteiger partial charge in [-0.15, -0.1) is 0 Å². The van der Waals surface area contributed by atoms with Gasteiger partial charge in [-0.3, -0.25) is 14.4 Å². The van der Waals surface area contributed by atoms with E-state index in [4.69, 9.17) is 14.2 Å². The summed E-state index contributed by atoms with van der Waals surface area (Å²) < 4.78 is 16.8. The lowest BCUT2D eigenvalue weighted by atomic mass is 10.1. The molecule has 78 heavy (non-hydrogen) atoms. The number of rotatable bonds is 57. The first-order chi connectivity index (χ1) is 38.5. The van der Waals surface area contributed by atoms with Crippen LogP contribution < -0.4 is 0 Å². The standard InChI is InChI=1S/C72H118O6/c1-4-7-10-13-16-19-22-25-27-29-31-33-35-36-38-39-41-43-45-47-50-53-56-59-62-65-71(74)77-68-69(67-76-70(73)64-61-58-55-52-49-24-21-18-15-12-9-6-3)78-72(75)66-63-60-57-54-51-48-46-44-42-40-37-34-32-30-28-26-23-20-17-14-11-8-5-2/h8,11,17-18,20-22,25-26,28-29,31-32,34-36,40,42,46,48,54,57,69H,4-7,9-10,12-16,19,23-24,27,30,33,37-39,41,43-45,47,49-53,55-56,58-68H2,1-3H3/b11-8-,20-17-,21-18-,25-22-,28-26-,31-29-,34-32-,36-35-,42-40-,48-46-,57-54-. The molecule has 6 heteroatoms. The van der Waals surface area contributed by atoms with Crippen LogP contribution in [0.5, 0.6) is 0 Å². The lowest BCUT2D eigenvalue weighted by Crippen LogP contribution is -2.30. The lowest BCUT2D eigenvalue weighted by Gasteiger charge is -2.18. The van der Waals surface area contributed by atoms with Crippen molar-refractivity contribution in [2.75, 3.05) is 13.2 Å². The average molecular weight is 1080 g/mol. The first kappa shape index (κ1) is 73.5. The Morgan fingerprint density at radius 3 is 0.859 bits per heavy atom. The minimum absolute atomic E-state index is 0.109. The van der Waals surface area contributed by atoms with Crippen LogP contribution in [0.4, 0.5) is 0 Å². The maximum Gasteiger partial charge on any atom is 0.306 e. The van der Waals surface area contributed by atoms with Gasteiger partial charge in [0.15, 0.2) is 6.10 Å². The van der Waals surface area contributed by atoms with Gasteiger partial charge in [0, 0.05) is 19.3 Å². The van der Waals surface area contributed by atoms with Gasteiger partial charge in [0.05, 0.1) is 0 Å². The molecule has 0 radical (unpaired) electrons. The highest BCUT2D eigenvalue weighted by Crippen LogP contribution is 2.15. The zero-order valence-electron chi connectivity index (χ0n) is 50.6. The molecule has 0 aliphatic heterocycles. The second-order valence-electron chi connectivity index (χ2n) is 20.9. The second-order valence-corrected chi connectivity index (χ2v) is 20.9. The van der Waals surface area contributed by atoms with Gasteiger partial charge < -0.3 is 14.2 Å². The molecule has 0 fully saturated rings. The highest BCUT2D eigenvalue weighted by atomic mass is 16.6. The molecule has 0 bridgehead atoms. The van der Waals surface area contributed by atoms with Crippen LogP contribution in [0.3, 0.4) is 0 Å². The molecular weight excluding hydrogens is 961 g/mol. The van der Waals surface area contributed by atoms with Crippen molar-refractivity contribution in [1.82, 2.24) is 0 Å². The predicted molar refractivity (Wildman–Crippen MR) is 339 cm³/mol. The van der Waals surface area contributed by atoms with Crippen LogP contribution in [-0.4, -0.2) is 37.2 Å². The summed E-state index contributed by atoms with van der Waals surface area (Å²) in [7, 11) is 0. The highest BCUT2D eigenvalue weighted by Gasteiger charge is 2.19. The Balaban J connectivity index is 4.43. The first-order valence-electron chi connectivity index (χ1n) is 32.2. The second kappa shape index (κ2) is 65.1. The van der Waals surface area contributed by atoms with Crippen molar-refractivity contribution < 1.29 is 28.6 Å². The molecule has 0 spiro atoms. The van der Waals surface area contributed by atoms with Crippen LogP contribution in [0.25, 0.3) is 0 Å². The van der Waals surface area contributed by atoms with Gasteiger partial charge in [-0.25, -0.2) is 0 Å². The van der Waals surface area contributed by atoms with Crippen molar-refractivity contribution in [1.29, 1.82) is 0 Å². The van der Waals surface area contributed by atoms with E-state index in [-0.39, 0.29) is 37.5 Å². The van der Waals surface area contributed by atoms with Gasteiger partial charge in [-0.1, -0.05) is 264 Å². The molecule has 0 aromatic carbocycles. The number of hydrogen-bond donors (Lipinski definition) is 0. The Morgan fingerprint density at radius 1 is 0.269 bits per heavy atom. The van der Waals surface area contributed by atoms with Gasteiger partial charge in [0.25, 0.3) is 0 Å². The maximum absolute atomic E-state index is 12.9. The molecule has 0 saturated heterocycles. The van der Waals surface area contributed by atoms with E-state index in [1.165, 1.54) is 122 Å². The summed E-state index contributed by atoms with van der Waals surface area (Å²) in [5.41, 5.74) is 0. The van der Waals surface area contributed by atoms with E-state index in [2.05, 4.69) is 154 Å². The molecule has 1 atom stereocenters. The minimum Gasteiger partial charge on any atom is -0.462 e. The Morgan fingerprint density at radius 2 is 0.513 bits per heavy atom. The molecule has 0 amide bonds. The zero-order chi connectivity index (χ0) is 56.4. The van der Waals surface area contributed by atoms with Crippen LogP contribution in [-0.2, 0) is 28.6 Å². The third-order valence-electron chi connectivity index (χ3n) is 13.4. The fraction of sp³-hybridized carbons (Fsp3) is 0.653. The van der Waals surface area contributed by atoms with Crippen molar-refractivity contribution in [3.8, 4) is 0 Å². The van der Waals surface area contributed by atoms with E-state index in [1.807, 2.05) is 0 Å². The number of carbonyl (C=O) groups excluding carboxylic acids is 3. The van der Waals surface area contributed by atoms with Gasteiger partial charge in [0.1, 0.15) is 13.2 Å². The minimum atomic E-state index is -0.819. The molecule has 442 valence electrons. The third-order valence-corrected chi connectivity index (χ3v) is 13.4. The fourth-order valence-electron chi connectivity index (χ4n) is 8.55. The quantitative estimate of drug-likeness (QED) is 0.0261. The van der Waals surface area contributed by atoms with Crippen molar-refractivity contribution in [2.24, 2.45) is 0 Å². The van der Waals surface area contributed by atoms with E-state index in [9.17, 15) is 14.4 Å². The molecule has 1 unspecified atom stereocenters. The van der Waals surface area contributed by atoms with Crippen molar-refractivity contribution in [3.63, 3.8) is 0 Å². The molecule has 6 nitrogen and oxygen atoms in total. The molecule has 0 aliphatic rings. The Hall–Kier alpha value is -4.45. The summed E-state index contributed by atoms with van der Waals surface area (Å²) in [4.78, 5) is 38.3. The number of ether oxygens (including phenoxy) is 3. The summed E-state index contributed by atoms with van der Waals surface area (Å²) in [5, 5.41) is 0. The van der Waals surface area contributed by atoms with Crippen molar-refractivity contribution >= 4 is 17.9 Å². The summed E-state index contributed by atoms with van der Waals surface area (Å²) in [6, 6.07) is 0. The molecular formula is C72H118O6. The molecule has 0 rings (SSSR count). The number of esters is 3. The van der Waals surface area contributed by atoms with E-state index in [0.29, 0.717) is 19.3 Å². The van der Waals surface area contributed by atoms with Crippen LogP contribution in [0.2, 0.25) is 0 Å². The highest BCUT2D eigenvalue weighted by molar-refractivity contribution is 5.71. The van der Waals surface area contributed by atoms with Crippen LogP contribution in [0.1, 0.15) is 284 Å². The Labute approximate surface area is 481 Å². The summed E-state index contributed by atoms with van der Waals surface area (Å²) in [6.07, 6.45) is 91.8. The monoisotopic (exact) mass is 1080 g/mol. The molecule has 0 aromatic heterocycles. The van der Waals surface area contributed by atoms with Crippen molar-refractivity contribution in [3.05, 3.63) is 134 Å². The van der Waals surface area contributed by atoms with Crippen LogP contribution in [0, 0.1) is 0 Å². The van der Waals surface area contributed by atoms with Crippen LogP contribution >= 0.6 is 0 Å². The molecule has 0 N–H and O–H groups in total. The first-order valence-corrected chi connectivity index (χ1v) is 32.2. The van der Waals surface area contributed by atoms with Crippen molar-refractivity contribution in [2.45, 2.75) is 290 Å².